The van der Waals surface area contributed by atoms with Crippen molar-refractivity contribution < 1.29 is 0 Å². The Morgan fingerprint density at radius 3 is 3.00 bits per heavy atom. The SMILES string of the molecule is C1=c2cc3c(cc2SC1)=c1ccccc1=N3. The standard InChI is InChI=1S/C14H9NS/c1-2-4-12-10(3-1)11-8-14-9(5-6-16-14)7-13(11)15-12/h1-5,7-8H,6H2. The third-order valence-electron chi connectivity index (χ3n) is 3.11. The molecule has 0 saturated heterocycles. The molecule has 2 heteroatoms. The predicted molar refractivity (Wildman–Crippen MR) is 66.2 cm³/mol. The van der Waals surface area contributed by atoms with Crippen LogP contribution in [0.15, 0.2) is 46.3 Å². The van der Waals surface area contributed by atoms with Gasteiger partial charge in [-0.3, -0.25) is 0 Å². The number of rotatable bonds is 0. The third kappa shape index (κ3) is 1.05. The molecule has 0 atom stereocenters. The molecule has 0 unspecified atom stereocenters. The van der Waals surface area contributed by atoms with Gasteiger partial charge in [-0.2, -0.15) is 0 Å². The Morgan fingerprint density at radius 1 is 1.06 bits per heavy atom. The number of nitrogens with zero attached hydrogens (tertiary/aromatic N) is 1. The summed E-state index contributed by atoms with van der Waals surface area (Å²) in [5.74, 6) is 1.10. The van der Waals surface area contributed by atoms with Crippen molar-refractivity contribution >= 4 is 23.5 Å². The van der Waals surface area contributed by atoms with Crippen LogP contribution in [0.5, 0.6) is 0 Å². The second-order valence-corrected chi connectivity index (χ2v) is 5.11. The Hall–Kier alpha value is -1.54. The van der Waals surface area contributed by atoms with Gasteiger partial charge in [-0.05, 0) is 23.4 Å². The maximum absolute atomic E-state index is 4.66. The van der Waals surface area contributed by atoms with Gasteiger partial charge in [-0.1, -0.05) is 24.3 Å². The van der Waals surface area contributed by atoms with Crippen LogP contribution in [0.25, 0.3) is 6.08 Å². The molecule has 0 amide bonds. The largest absolute Gasteiger partial charge is 0.248 e. The van der Waals surface area contributed by atoms with E-state index in [9.17, 15) is 0 Å². The maximum Gasteiger partial charge on any atom is 0.0722 e. The van der Waals surface area contributed by atoms with Crippen molar-refractivity contribution in [2.45, 2.75) is 4.90 Å². The fraction of sp³-hybridized carbons (Fsp3) is 0.0714. The van der Waals surface area contributed by atoms with Gasteiger partial charge in [0, 0.05) is 21.1 Å². The average Bonchev–Trinajstić information content (AvgIpc) is 2.88. The number of fused-ring (bicyclic) bond motifs is 3. The lowest BCUT2D eigenvalue weighted by molar-refractivity contribution is 1.33. The van der Waals surface area contributed by atoms with E-state index < -0.39 is 0 Å². The smallest absolute Gasteiger partial charge is 0.0722 e. The van der Waals surface area contributed by atoms with Gasteiger partial charge in [0.1, 0.15) is 0 Å². The topological polar surface area (TPSA) is 12.4 Å². The van der Waals surface area contributed by atoms with Crippen molar-refractivity contribution in [3.05, 3.63) is 57.4 Å². The minimum absolute atomic E-state index is 1.10. The van der Waals surface area contributed by atoms with Gasteiger partial charge in [-0.25, -0.2) is 4.99 Å². The zero-order chi connectivity index (χ0) is 10.5. The molecule has 2 heterocycles. The van der Waals surface area contributed by atoms with Gasteiger partial charge in [0.2, 0.25) is 0 Å². The number of para-hydroxylation sites is 1. The normalized spacial score (nSPS) is 14.8. The van der Waals surface area contributed by atoms with E-state index >= 15 is 0 Å². The lowest BCUT2D eigenvalue weighted by Crippen LogP contribution is -1.98. The average molecular weight is 223 g/mol. The van der Waals surface area contributed by atoms with Crippen molar-refractivity contribution in [2.75, 3.05) is 5.75 Å². The number of hydrogen-bond donors (Lipinski definition) is 0. The summed E-state index contributed by atoms with van der Waals surface area (Å²) >= 11 is 1.91. The highest BCUT2D eigenvalue weighted by Gasteiger charge is 2.09. The van der Waals surface area contributed by atoms with E-state index in [4.69, 9.17) is 0 Å². The number of hydrogen-bond acceptors (Lipinski definition) is 2. The molecule has 0 aliphatic carbocycles. The summed E-state index contributed by atoms with van der Waals surface area (Å²) in [4.78, 5) is 6.06. The van der Waals surface area contributed by atoms with Crippen LogP contribution >= 0.6 is 11.8 Å². The molecule has 2 aromatic rings. The summed E-state index contributed by atoms with van der Waals surface area (Å²) in [5.41, 5.74) is 1.12. The van der Waals surface area contributed by atoms with E-state index in [1.54, 1.807) is 0 Å². The third-order valence-corrected chi connectivity index (χ3v) is 4.10. The molecular formula is C14H9NS. The second kappa shape index (κ2) is 2.98. The predicted octanol–water partition coefficient (Wildman–Crippen LogP) is 2.12. The molecule has 2 aromatic carbocycles. The van der Waals surface area contributed by atoms with Gasteiger partial charge in [0.15, 0.2) is 0 Å². The molecule has 4 rings (SSSR count). The maximum atomic E-state index is 4.66. The van der Waals surface area contributed by atoms with E-state index in [-0.39, 0.29) is 0 Å². The van der Waals surface area contributed by atoms with Gasteiger partial charge in [0.05, 0.1) is 11.0 Å². The summed E-state index contributed by atoms with van der Waals surface area (Å²) in [5, 5.41) is 5.01. The molecular weight excluding hydrogens is 214 g/mol. The van der Waals surface area contributed by atoms with Crippen molar-refractivity contribution in [3.63, 3.8) is 0 Å². The number of thioether (sulfide) groups is 1. The minimum atomic E-state index is 1.10. The second-order valence-electron chi connectivity index (χ2n) is 4.05. The van der Waals surface area contributed by atoms with Crippen molar-refractivity contribution in [3.8, 4) is 0 Å². The highest BCUT2D eigenvalue weighted by atomic mass is 32.2. The molecule has 0 radical (unpaired) electrons. The van der Waals surface area contributed by atoms with Crippen LogP contribution in [-0.4, -0.2) is 5.75 Å². The summed E-state index contributed by atoms with van der Waals surface area (Å²) in [6, 6.07) is 12.9. The summed E-state index contributed by atoms with van der Waals surface area (Å²) in [6.45, 7) is 0. The van der Waals surface area contributed by atoms with Crippen molar-refractivity contribution in [1.29, 1.82) is 0 Å². The van der Waals surface area contributed by atoms with Crippen LogP contribution in [-0.2, 0) is 0 Å². The molecule has 1 nitrogen and oxygen atoms in total. The van der Waals surface area contributed by atoms with Crippen LogP contribution in [0, 0.1) is 10.4 Å². The van der Waals surface area contributed by atoms with Gasteiger partial charge < -0.3 is 0 Å². The molecule has 76 valence electrons. The molecule has 2 aliphatic rings. The zero-order valence-electron chi connectivity index (χ0n) is 8.60. The summed E-state index contributed by atoms with van der Waals surface area (Å²) in [7, 11) is 0. The van der Waals surface area contributed by atoms with E-state index in [0.29, 0.717) is 0 Å². The van der Waals surface area contributed by atoms with Gasteiger partial charge >= 0.3 is 0 Å². The Morgan fingerprint density at radius 2 is 2.00 bits per heavy atom. The van der Waals surface area contributed by atoms with Gasteiger partial charge in [0.25, 0.3) is 0 Å². The van der Waals surface area contributed by atoms with Crippen LogP contribution in [0.3, 0.4) is 0 Å². The van der Waals surface area contributed by atoms with Crippen LogP contribution in [0.4, 0.5) is 5.69 Å². The quantitative estimate of drug-likeness (QED) is 0.568. The first-order valence-electron chi connectivity index (χ1n) is 5.37. The molecule has 0 N–H and O–H groups in total. The lowest BCUT2D eigenvalue weighted by Gasteiger charge is -1.95. The lowest BCUT2D eigenvalue weighted by atomic mass is 10.2. The molecule has 0 saturated carbocycles. The fourth-order valence-electron chi connectivity index (χ4n) is 2.33. The molecule has 0 fully saturated rings. The van der Waals surface area contributed by atoms with E-state index in [0.717, 1.165) is 16.8 Å². The molecule has 0 bridgehead atoms. The van der Waals surface area contributed by atoms with Crippen molar-refractivity contribution in [2.24, 2.45) is 4.99 Å². The van der Waals surface area contributed by atoms with Crippen LogP contribution in [0.1, 0.15) is 0 Å². The van der Waals surface area contributed by atoms with Crippen molar-refractivity contribution in [1.82, 2.24) is 0 Å². The first kappa shape index (κ1) is 8.59. The van der Waals surface area contributed by atoms with Gasteiger partial charge in [-0.15, -0.1) is 11.8 Å². The van der Waals surface area contributed by atoms with E-state index in [2.05, 4.69) is 41.4 Å². The number of benzene rings is 2. The monoisotopic (exact) mass is 223 g/mol. The zero-order valence-corrected chi connectivity index (χ0v) is 9.42. The fourth-order valence-corrected chi connectivity index (χ4v) is 3.28. The highest BCUT2D eigenvalue weighted by Crippen LogP contribution is 2.24. The highest BCUT2D eigenvalue weighted by molar-refractivity contribution is 7.99. The Kier molecular flexibility index (Phi) is 1.60. The summed E-state index contributed by atoms with van der Waals surface area (Å²) in [6.07, 6.45) is 2.28. The van der Waals surface area contributed by atoms with E-state index in [1.165, 1.54) is 20.6 Å². The molecule has 16 heavy (non-hydrogen) atoms. The van der Waals surface area contributed by atoms with Crippen LogP contribution in [0.2, 0.25) is 0 Å². The molecule has 0 spiro atoms. The first-order valence-corrected chi connectivity index (χ1v) is 6.35. The summed E-state index contributed by atoms with van der Waals surface area (Å²) < 4.78 is 0. The van der Waals surface area contributed by atoms with E-state index in [1.807, 2.05) is 17.8 Å². The Bertz CT molecular complexity index is 806. The Balaban J connectivity index is 2.28. The Labute approximate surface area is 96.8 Å². The minimum Gasteiger partial charge on any atom is -0.248 e. The van der Waals surface area contributed by atoms with Crippen LogP contribution < -0.4 is 10.6 Å². The molecule has 2 aliphatic heterocycles. The first-order chi connectivity index (χ1) is 7.92. The molecule has 0 aromatic heterocycles.